The monoisotopic (exact) mass is 497 g/mol. The molecule has 0 saturated carbocycles. The molecule has 1 fully saturated rings. The van der Waals surface area contributed by atoms with Crippen molar-refractivity contribution in [2.24, 2.45) is 0 Å². The van der Waals surface area contributed by atoms with E-state index in [1.54, 1.807) is 36.4 Å². The number of nitrogens with zero attached hydrogens (tertiary/aromatic N) is 1. The van der Waals surface area contributed by atoms with E-state index in [2.05, 4.69) is 0 Å². The van der Waals surface area contributed by atoms with Gasteiger partial charge in [-0.05, 0) is 56.7 Å². The van der Waals surface area contributed by atoms with Crippen molar-refractivity contribution in [3.8, 4) is 23.0 Å². The van der Waals surface area contributed by atoms with Crippen LogP contribution < -0.4 is 18.9 Å². The zero-order valence-corrected chi connectivity index (χ0v) is 20.9. The largest absolute Gasteiger partial charge is 0.507 e. The van der Waals surface area contributed by atoms with Crippen LogP contribution in [0, 0.1) is 0 Å². The molecule has 1 N–H and O–H groups in total. The first kappa shape index (κ1) is 25.4. The first-order valence-electron chi connectivity index (χ1n) is 12.0. The predicted octanol–water partition coefficient (Wildman–Crippen LogP) is 3.71. The zero-order valence-electron chi connectivity index (χ0n) is 20.9. The summed E-state index contributed by atoms with van der Waals surface area (Å²) in [5.74, 6) is 0.272. The van der Waals surface area contributed by atoms with Crippen LogP contribution in [-0.4, -0.2) is 67.9 Å². The van der Waals surface area contributed by atoms with Gasteiger partial charge in [0.15, 0.2) is 23.0 Å². The number of rotatable bonds is 9. The third kappa shape index (κ3) is 4.97. The van der Waals surface area contributed by atoms with E-state index in [-0.39, 0.29) is 30.6 Å². The Morgan fingerprint density at radius 1 is 1.08 bits per heavy atom. The van der Waals surface area contributed by atoms with Crippen molar-refractivity contribution in [2.45, 2.75) is 32.9 Å². The molecule has 0 aliphatic carbocycles. The van der Waals surface area contributed by atoms with Crippen molar-refractivity contribution in [3.05, 3.63) is 53.1 Å². The molecule has 2 heterocycles. The number of carbonyl (C=O) groups is 2. The highest BCUT2D eigenvalue weighted by molar-refractivity contribution is 6.46. The van der Waals surface area contributed by atoms with Gasteiger partial charge in [0.05, 0.1) is 30.9 Å². The highest BCUT2D eigenvalue weighted by Crippen LogP contribution is 2.43. The Hall–Kier alpha value is -3.72. The maximum Gasteiger partial charge on any atom is 0.295 e. The van der Waals surface area contributed by atoms with Gasteiger partial charge < -0.3 is 33.7 Å². The molecule has 1 saturated heterocycles. The Kier molecular flexibility index (Phi) is 7.69. The second-order valence-electron chi connectivity index (χ2n) is 8.65. The van der Waals surface area contributed by atoms with Gasteiger partial charge in [-0.25, -0.2) is 0 Å². The van der Waals surface area contributed by atoms with Crippen LogP contribution >= 0.6 is 0 Å². The lowest BCUT2D eigenvalue weighted by Gasteiger charge is -2.26. The number of hydrogen-bond acceptors (Lipinski definition) is 8. The van der Waals surface area contributed by atoms with Crippen molar-refractivity contribution >= 4 is 17.4 Å². The second-order valence-corrected chi connectivity index (χ2v) is 8.65. The summed E-state index contributed by atoms with van der Waals surface area (Å²) in [6.07, 6.45) is -0.0717. The molecule has 0 aromatic heterocycles. The highest BCUT2D eigenvalue weighted by Gasteiger charge is 2.46. The van der Waals surface area contributed by atoms with E-state index in [0.29, 0.717) is 53.9 Å². The van der Waals surface area contributed by atoms with Gasteiger partial charge in [0, 0.05) is 19.2 Å². The number of likely N-dealkylation sites (tertiary alicyclic amines) is 1. The number of aliphatic hydroxyl groups excluding tert-OH is 1. The number of carbonyl (C=O) groups excluding carboxylic acids is 2. The summed E-state index contributed by atoms with van der Waals surface area (Å²) in [6, 6.07) is 9.33. The fraction of sp³-hybridized carbons (Fsp3) is 0.407. The minimum atomic E-state index is -0.847. The number of hydrogen-bond donors (Lipinski definition) is 1. The van der Waals surface area contributed by atoms with E-state index in [1.165, 1.54) is 12.0 Å². The Balaban J connectivity index is 1.84. The van der Waals surface area contributed by atoms with Crippen molar-refractivity contribution in [3.63, 3.8) is 0 Å². The number of methoxy groups -OCH3 is 1. The molecule has 4 rings (SSSR count). The molecular formula is C27H31NO8. The number of fused-ring (bicyclic) bond motifs is 1. The normalized spacial score (nSPS) is 18.6. The maximum absolute atomic E-state index is 13.2. The smallest absolute Gasteiger partial charge is 0.295 e. The molecule has 2 aromatic carbocycles. The summed E-state index contributed by atoms with van der Waals surface area (Å²) < 4.78 is 28.0. The SMILES string of the molecule is CCOc1cc(C2/C(=C(\O)c3ccc4c(c3)OCCO4)C(=O)C(=O)N2CCOC)ccc1OC(C)C. The lowest BCUT2D eigenvalue weighted by atomic mass is 9.94. The van der Waals surface area contributed by atoms with Crippen molar-refractivity contribution in [1.29, 1.82) is 0 Å². The van der Waals surface area contributed by atoms with Gasteiger partial charge >= 0.3 is 0 Å². The van der Waals surface area contributed by atoms with E-state index in [9.17, 15) is 14.7 Å². The summed E-state index contributed by atoms with van der Waals surface area (Å²) in [5, 5.41) is 11.3. The summed E-state index contributed by atoms with van der Waals surface area (Å²) >= 11 is 0. The number of ketones is 1. The van der Waals surface area contributed by atoms with Crippen LogP contribution in [0.2, 0.25) is 0 Å². The summed E-state index contributed by atoms with van der Waals surface area (Å²) in [5.41, 5.74) is 0.926. The molecular weight excluding hydrogens is 466 g/mol. The predicted molar refractivity (Wildman–Crippen MR) is 132 cm³/mol. The standard InChI is InChI=1S/C27H31NO8/c1-5-33-22-14-17(6-9-20(22)36-16(2)3)24-23(26(30)27(31)28(24)10-11-32-4)25(29)18-7-8-19-21(15-18)35-13-12-34-19/h6-9,14-16,24,29H,5,10-13H2,1-4H3/b25-23+. The molecule has 9 heteroatoms. The molecule has 1 atom stereocenters. The Morgan fingerprint density at radius 2 is 1.83 bits per heavy atom. The van der Waals surface area contributed by atoms with Crippen LogP contribution in [0.3, 0.4) is 0 Å². The van der Waals surface area contributed by atoms with Crippen LogP contribution in [0.1, 0.15) is 37.9 Å². The minimum absolute atomic E-state index is 0.0206. The molecule has 1 unspecified atom stereocenters. The highest BCUT2D eigenvalue weighted by atomic mass is 16.6. The topological polar surface area (TPSA) is 104 Å². The van der Waals surface area contributed by atoms with Gasteiger partial charge in [-0.1, -0.05) is 6.07 Å². The van der Waals surface area contributed by atoms with Gasteiger partial charge in [-0.2, -0.15) is 0 Å². The molecule has 0 radical (unpaired) electrons. The van der Waals surface area contributed by atoms with Crippen LogP contribution in [-0.2, 0) is 14.3 Å². The molecule has 2 aliphatic heterocycles. The minimum Gasteiger partial charge on any atom is -0.507 e. The lowest BCUT2D eigenvalue weighted by molar-refractivity contribution is -0.140. The van der Waals surface area contributed by atoms with Gasteiger partial charge in [0.1, 0.15) is 19.0 Å². The van der Waals surface area contributed by atoms with Gasteiger partial charge in [-0.3, -0.25) is 9.59 Å². The van der Waals surface area contributed by atoms with E-state index < -0.39 is 17.7 Å². The Morgan fingerprint density at radius 3 is 2.53 bits per heavy atom. The third-order valence-corrected chi connectivity index (χ3v) is 5.84. The van der Waals surface area contributed by atoms with Crippen LogP contribution in [0.5, 0.6) is 23.0 Å². The molecule has 2 aliphatic rings. The Bertz CT molecular complexity index is 1170. The molecule has 0 bridgehead atoms. The van der Waals surface area contributed by atoms with Gasteiger partial charge in [0.25, 0.3) is 11.7 Å². The quantitative estimate of drug-likeness (QED) is 0.318. The second kappa shape index (κ2) is 10.9. The van der Waals surface area contributed by atoms with Crippen LogP contribution in [0.15, 0.2) is 42.0 Å². The summed E-state index contributed by atoms with van der Waals surface area (Å²) in [6.45, 7) is 7.29. The molecule has 1 amide bonds. The first-order chi connectivity index (χ1) is 17.3. The molecule has 192 valence electrons. The van der Waals surface area contributed by atoms with E-state index in [4.69, 9.17) is 23.7 Å². The van der Waals surface area contributed by atoms with Crippen molar-refractivity contribution in [2.75, 3.05) is 40.1 Å². The maximum atomic E-state index is 13.2. The average Bonchev–Trinajstić information content (AvgIpc) is 3.12. The van der Waals surface area contributed by atoms with Gasteiger partial charge in [-0.15, -0.1) is 0 Å². The molecule has 9 nitrogen and oxygen atoms in total. The van der Waals surface area contributed by atoms with E-state index in [1.807, 2.05) is 20.8 Å². The fourth-order valence-corrected chi connectivity index (χ4v) is 4.31. The first-order valence-corrected chi connectivity index (χ1v) is 12.0. The molecule has 2 aromatic rings. The van der Waals surface area contributed by atoms with E-state index >= 15 is 0 Å². The van der Waals surface area contributed by atoms with Crippen molar-refractivity contribution in [1.82, 2.24) is 4.90 Å². The number of amides is 1. The zero-order chi connectivity index (χ0) is 25.8. The Labute approximate surface area is 210 Å². The lowest BCUT2D eigenvalue weighted by Crippen LogP contribution is -2.32. The molecule has 36 heavy (non-hydrogen) atoms. The van der Waals surface area contributed by atoms with Crippen LogP contribution in [0.25, 0.3) is 5.76 Å². The number of Topliss-reactive ketones (excluding diaryl/α,β-unsaturated/α-hetero) is 1. The average molecular weight is 498 g/mol. The van der Waals surface area contributed by atoms with Crippen molar-refractivity contribution < 1.29 is 38.4 Å². The number of benzene rings is 2. The van der Waals surface area contributed by atoms with Gasteiger partial charge in [0.2, 0.25) is 0 Å². The van der Waals surface area contributed by atoms with E-state index in [0.717, 1.165) is 0 Å². The number of aliphatic hydroxyl groups is 1. The van der Waals surface area contributed by atoms with Crippen LogP contribution in [0.4, 0.5) is 0 Å². The fourth-order valence-electron chi connectivity index (χ4n) is 4.31. The molecule has 0 spiro atoms. The summed E-state index contributed by atoms with van der Waals surface area (Å²) in [4.78, 5) is 27.7. The number of ether oxygens (including phenoxy) is 5. The third-order valence-electron chi connectivity index (χ3n) is 5.84. The summed E-state index contributed by atoms with van der Waals surface area (Å²) in [7, 11) is 1.52.